The summed E-state index contributed by atoms with van der Waals surface area (Å²) in [6.07, 6.45) is 1.31. The van der Waals surface area contributed by atoms with E-state index in [0.29, 0.717) is 10.6 Å². The van der Waals surface area contributed by atoms with Gasteiger partial charge in [-0.1, -0.05) is 41.0 Å². The number of hydrogen-bond acceptors (Lipinski definition) is 1. The standard InChI is InChI=1S/C10H13BrCl2O/c1-6(2)8(14)5-9(12)10(4,13)7(3)11/h5,7H,1H2,2-4H3/b9-5-. The van der Waals surface area contributed by atoms with Crippen LogP contribution in [0.25, 0.3) is 0 Å². The normalized spacial score (nSPS) is 18.6. The summed E-state index contributed by atoms with van der Waals surface area (Å²) >= 11 is 15.4. The number of alkyl halides is 2. The van der Waals surface area contributed by atoms with Gasteiger partial charge in [0.15, 0.2) is 5.78 Å². The number of allylic oxidation sites excluding steroid dienone is 3. The van der Waals surface area contributed by atoms with Gasteiger partial charge in [0.2, 0.25) is 0 Å². The first-order valence-corrected chi connectivity index (χ1v) is 5.77. The average molecular weight is 300 g/mol. The molecule has 0 heterocycles. The zero-order chi connectivity index (χ0) is 11.5. The molecular formula is C10H13BrCl2O. The molecular weight excluding hydrogens is 287 g/mol. The molecule has 0 aliphatic carbocycles. The molecule has 0 radical (unpaired) electrons. The fourth-order valence-corrected chi connectivity index (χ4v) is 1.27. The van der Waals surface area contributed by atoms with E-state index in [9.17, 15) is 4.79 Å². The highest BCUT2D eigenvalue weighted by Gasteiger charge is 2.30. The molecule has 0 aromatic heterocycles. The van der Waals surface area contributed by atoms with E-state index in [1.807, 2.05) is 6.92 Å². The van der Waals surface area contributed by atoms with Crippen molar-refractivity contribution in [1.29, 1.82) is 0 Å². The van der Waals surface area contributed by atoms with Crippen molar-refractivity contribution in [1.82, 2.24) is 0 Å². The number of halogens is 3. The highest BCUT2D eigenvalue weighted by Crippen LogP contribution is 2.35. The van der Waals surface area contributed by atoms with Crippen LogP contribution in [0.15, 0.2) is 23.3 Å². The van der Waals surface area contributed by atoms with E-state index in [-0.39, 0.29) is 10.6 Å². The maximum Gasteiger partial charge on any atom is 0.182 e. The molecule has 1 nitrogen and oxygen atoms in total. The fraction of sp³-hybridized carbons (Fsp3) is 0.500. The summed E-state index contributed by atoms with van der Waals surface area (Å²) in [4.78, 5) is 10.5. The molecule has 14 heavy (non-hydrogen) atoms. The molecule has 0 saturated carbocycles. The Balaban J connectivity index is 4.86. The van der Waals surface area contributed by atoms with Crippen molar-refractivity contribution in [3.8, 4) is 0 Å². The molecule has 2 unspecified atom stereocenters. The summed E-state index contributed by atoms with van der Waals surface area (Å²) in [6.45, 7) is 8.78. The SMILES string of the molecule is C=C(C)C(=O)/C=C(\Cl)C(C)(Cl)C(C)Br. The molecule has 0 bridgehead atoms. The van der Waals surface area contributed by atoms with Crippen molar-refractivity contribution < 1.29 is 4.79 Å². The lowest BCUT2D eigenvalue weighted by Gasteiger charge is -2.24. The Morgan fingerprint density at radius 1 is 1.64 bits per heavy atom. The van der Waals surface area contributed by atoms with Crippen LogP contribution in [0.1, 0.15) is 20.8 Å². The van der Waals surface area contributed by atoms with E-state index in [4.69, 9.17) is 23.2 Å². The van der Waals surface area contributed by atoms with Crippen LogP contribution in [0.4, 0.5) is 0 Å². The number of hydrogen-bond donors (Lipinski definition) is 0. The van der Waals surface area contributed by atoms with Gasteiger partial charge < -0.3 is 0 Å². The van der Waals surface area contributed by atoms with Crippen LogP contribution < -0.4 is 0 Å². The molecule has 0 rings (SSSR count). The second-order valence-electron chi connectivity index (χ2n) is 3.33. The molecule has 2 atom stereocenters. The van der Waals surface area contributed by atoms with Crippen molar-refractivity contribution in [2.75, 3.05) is 0 Å². The molecule has 80 valence electrons. The van der Waals surface area contributed by atoms with Crippen molar-refractivity contribution in [3.05, 3.63) is 23.3 Å². The molecule has 0 aliphatic heterocycles. The smallest absolute Gasteiger partial charge is 0.182 e. The molecule has 0 aromatic carbocycles. The van der Waals surface area contributed by atoms with Crippen molar-refractivity contribution in [2.45, 2.75) is 30.5 Å². The second-order valence-corrected chi connectivity index (χ2v) is 5.89. The minimum atomic E-state index is -0.771. The summed E-state index contributed by atoms with van der Waals surface area (Å²) in [5.41, 5.74) is 0.442. The number of carbonyl (C=O) groups is 1. The zero-order valence-corrected chi connectivity index (χ0v) is 11.5. The van der Waals surface area contributed by atoms with Crippen LogP contribution in [-0.2, 0) is 4.79 Å². The lowest BCUT2D eigenvalue weighted by Crippen LogP contribution is -2.27. The van der Waals surface area contributed by atoms with E-state index < -0.39 is 4.87 Å². The number of rotatable bonds is 4. The van der Waals surface area contributed by atoms with Crippen LogP contribution in [0, 0.1) is 0 Å². The zero-order valence-electron chi connectivity index (χ0n) is 8.40. The predicted molar refractivity (Wildman–Crippen MR) is 66.4 cm³/mol. The van der Waals surface area contributed by atoms with Crippen LogP contribution in [-0.4, -0.2) is 15.5 Å². The first-order chi connectivity index (χ1) is 6.19. The molecule has 0 N–H and O–H groups in total. The Morgan fingerprint density at radius 2 is 2.07 bits per heavy atom. The fourth-order valence-electron chi connectivity index (χ4n) is 0.569. The molecule has 0 saturated heterocycles. The molecule has 0 amide bonds. The van der Waals surface area contributed by atoms with Gasteiger partial charge in [0.25, 0.3) is 0 Å². The molecule has 4 heteroatoms. The minimum Gasteiger partial charge on any atom is -0.290 e. The van der Waals surface area contributed by atoms with Gasteiger partial charge in [0.1, 0.15) is 0 Å². The summed E-state index contributed by atoms with van der Waals surface area (Å²) in [5, 5.41) is 0.316. The van der Waals surface area contributed by atoms with E-state index in [0.717, 1.165) is 0 Å². The monoisotopic (exact) mass is 298 g/mol. The maximum absolute atomic E-state index is 11.3. The highest BCUT2D eigenvalue weighted by molar-refractivity contribution is 9.09. The third-order valence-electron chi connectivity index (χ3n) is 1.89. The van der Waals surface area contributed by atoms with E-state index in [2.05, 4.69) is 22.5 Å². The van der Waals surface area contributed by atoms with Gasteiger partial charge in [-0.05, 0) is 19.4 Å². The Bertz CT molecular complexity index is 280. The first kappa shape index (κ1) is 14.2. The van der Waals surface area contributed by atoms with Crippen LogP contribution in [0.3, 0.4) is 0 Å². The van der Waals surface area contributed by atoms with Gasteiger partial charge >= 0.3 is 0 Å². The predicted octanol–water partition coefficient (Wildman–Crippen LogP) is 4.04. The molecule has 0 fully saturated rings. The quantitative estimate of drug-likeness (QED) is 0.566. The highest BCUT2D eigenvalue weighted by atomic mass is 79.9. The van der Waals surface area contributed by atoms with E-state index in [1.165, 1.54) is 6.08 Å². The topological polar surface area (TPSA) is 17.1 Å². The largest absolute Gasteiger partial charge is 0.290 e. The van der Waals surface area contributed by atoms with Gasteiger partial charge in [0.05, 0.1) is 4.87 Å². The Labute approximate surface area is 103 Å². The van der Waals surface area contributed by atoms with Gasteiger partial charge in [0, 0.05) is 15.9 Å². The summed E-state index contributed by atoms with van der Waals surface area (Å²) in [5.74, 6) is -0.199. The third-order valence-corrected chi connectivity index (χ3v) is 4.20. The number of carbonyl (C=O) groups excluding carboxylic acids is 1. The Hall–Kier alpha value is 0.210. The van der Waals surface area contributed by atoms with Gasteiger partial charge in [-0.15, -0.1) is 11.6 Å². The summed E-state index contributed by atoms with van der Waals surface area (Å²) in [6, 6.07) is 0. The van der Waals surface area contributed by atoms with Gasteiger partial charge in [-0.2, -0.15) is 0 Å². The van der Waals surface area contributed by atoms with Crippen molar-refractivity contribution in [3.63, 3.8) is 0 Å². The first-order valence-electron chi connectivity index (χ1n) is 4.10. The lowest BCUT2D eigenvalue weighted by molar-refractivity contribution is -0.111. The summed E-state index contributed by atoms with van der Waals surface area (Å²) < 4.78 is 0. The molecule has 0 aromatic rings. The number of ketones is 1. The van der Waals surface area contributed by atoms with E-state index in [1.54, 1.807) is 13.8 Å². The minimum absolute atomic E-state index is 0.0293. The maximum atomic E-state index is 11.3. The molecule has 0 spiro atoms. The lowest BCUT2D eigenvalue weighted by atomic mass is 10.1. The van der Waals surface area contributed by atoms with Gasteiger partial charge in [-0.25, -0.2) is 0 Å². The second kappa shape index (κ2) is 5.34. The van der Waals surface area contributed by atoms with Crippen molar-refractivity contribution in [2.24, 2.45) is 0 Å². The third kappa shape index (κ3) is 3.76. The average Bonchev–Trinajstić information content (AvgIpc) is 2.03. The van der Waals surface area contributed by atoms with Crippen LogP contribution in [0.2, 0.25) is 0 Å². The van der Waals surface area contributed by atoms with Crippen LogP contribution in [0.5, 0.6) is 0 Å². The summed E-state index contributed by atoms with van der Waals surface area (Å²) in [7, 11) is 0. The Morgan fingerprint density at radius 3 is 2.36 bits per heavy atom. The van der Waals surface area contributed by atoms with Crippen LogP contribution >= 0.6 is 39.1 Å². The Kier molecular flexibility index (Phi) is 5.42. The molecule has 0 aliphatic rings. The van der Waals surface area contributed by atoms with E-state index >= 15 is 0 Å². The van der Waals surface area contributed by atoms with Gasteiger partial charge in [-0.3, -0.25) is 4.79 Å². The van der Waals surface area contributed by atoms with Crippen molar-refractivity contribution >= 4 is 44.9 Å².